The number of rotatable bonds is 1. The molecule has 0 atom stereocenters. The molecule has 0 spiro atoms. The summed E-state index contributed by atoms with van der Waals surface area (Å²) in [4.78, 5) is 0. The number of hydrogen-bond donors (Lipinski definition) is 1. The summed E-state index contributed by atoms with van der Waals surface area (Å²) in [6.07, 6.45) is -0.346. The first-order valence-electron chi connectivity index (χ1n) is 3.99. The largest absolute Gasteiger partial charge is 0.507 e. The molecule has 0 bridgehead atoms. The van der Waals surface area contributed by atoms with E-state index in [9.17, 15) is 5.11 Å². The molecule has 0 aliphatic carbocycles. The van der Waals surface area contributed by atoms with E-state index < -0.39 is 0 Å². The average molecular weight is 245 g/mol. The summed E-state index contributed by atoms with van der Waals surface area (Å²) in [7, 11) is 0. The van der Waals surface area contributed by atoms with Crippen molar-refractivity contribution in [2.45, 2.75) is 6.29 Å². The first-order valence-corrected chi connectivity index (χ1v) is 4.79. The number of aromatic hydroxyl groups is 1. The fourth-order valence-corrected chi connectivity index (χ4v) is 1.71. The van der Waals surface area contributed by atoms with Gasteiger partial charge in [-0.25, -0.2) is 0 Å². The molecule has 1 fully saturated rings. The minimum Gasteiger partial charge on any atom is -0.507 e. The van der Waals surface area contributed by atoms with Gasteiger partial charge in [-0.05, 0) is 22.0 Å². The summed E-state index contributed by atoms with van der Waals surface area (Å²) in [5.74, 6) is 0.205. The smallest absolute Gasteiger partial charge is 0.185 e. The molecule has 70 valence electrons. The molecule has 1 heterocycles. The minimum atomic E-state index is -0.346. The molecule has 0 amide bonds. The maximum Gasteiger partial charge on any atom is 0.185 e. The molecule has 0 saturated carbocycles. The summed E-state index contributed by atoms with van der Waals surface area (Å²) < 4.78 is 11.3. The van der Waals surface area contributed by atoms with Crippen molar-refractivity contribution in [2.75, 3.05) is 13.2 Å². The van der Waals surface area contributed by atoms with E-state index in [1.165, 1.54) is 0 Å². The van der Waals surface area contributed by atoms with Crippen LogP contribution in [0.4, 0.5) is 0 Å². The molecule has 1 aromatic rings. The third-order valence-electron chi connectivity index (χ3n) is 1.88. The van der Waals surface area contributed by atoms with Crippen molar-refractivity contribution in [3.63, 3.8) is 0 Å². The molecule has 1 saturated heterocycles. The highest BCUT2D eigenvalue weighted by molar-refractivity contribution is 9.10. The van der Waals surface area contributed by atoms with E-state index in [0.29, 0.717) is 17.7 Å². The summed E-state index contributed by atoms with van der Waals surface area (Å²) >= 11 is 3.28. The molecule has 3 nitrogen and oxygen atoms in total. The van der Waals surface area contributed by atoms with Crippen LogP contribution < -0.4 is 0 Å². The quantitative estimate of drug-likeness (QED) is 0.824. The van der Waals surface area contributed by atoms with Crippen LogP contribution >= 0.6 is 15.9 Å². The van der Waals surface area contributed by atoms with Gasteiger partial charge >= 0.3 is 0 Å². The zero-order valence-electron chi connectivity index (χ0n) is 6.87. The number of phenolic OH excluding ortho intramolecular Hbond substituents is 1. The molecular weight excluding hydrogens is 236 g/mol. The van der Waals surface area contributed by atoms with Gasteiger partial charge < -0.3 is 14.6 Å². The Kier molecular flexibility index (Phi) is 2.53. The van der Waals surface area contributed by atoms with Gasteiger partial charge in [0.25, 0.3) is 0 Å². The van der Waals surface area contributed by atoms with Crippen LogP contribution in [0, 0.1) is 0 Å². The van der Waals surface area contributed by atoms with Crippen molar-refractivity contribution in [2.24, 2.45) is 0 Å². The Morgan fingerprint density at radius 1 is 1.31 bits per heavy atom. The second kappa shape index (κ2) is 3.65. The second-order valence-electron chi connectivity index (χ2n) is 2.75. The number of benzene rings is 1. The molecule has 0 unspecified atom stereocenters. The Labute approximate surface area is 84.4 Å². The Bertz CT molecular complexity index is 308. The standard InChI is InChI=1S/C9H9BrO3/c10-8-6(2-1-3-7(8)11)9-12-4-5-13-9/h1-3,9,11H,4-5H2. The first kappa shape index (κ1) is 8.99. The molecule has 1 aromatic carbocycles. The second-order valence-corrected chi connectivity index (χ2v) is 3.55. The predicted molar refractivity (Wildman–Crippen MR) is 50.5 cm³/mol. The van der Waals surface area contributed by atoms with Gasteiger partial charge in [0.2, 0.25) is 0 Å². The minimum absolute atomic E-state index is 0.205. The molecular formula is C9H9BrO3. The van der Waals surface area contributed by atoms with E-state index in [4.69, 9.17) is 9.47 Å². The summed E-state index contributed by atoms with van der Waals surface area (Å²) in [6, 6.07) is 5.24. The zero-order chi connectivity index (χ0) is 9.26. The lowest BCUT2D eigenvalue weighted by Gasteiger charge is -2.11. The molecule has 1 N–H and O–H groups in total. The summed E-state index contributed by atoms with van der Waals surface area (Å²) in [5, 5.41) is 9.40. The molecule has 2 rings (SSSR count). The van der Waals surface area contributed by atoms with Gasteiger partial charge in [0.15, 0.2) is 6.29 Å². The van der Waals surface area contributed by atoms with E-state index in [1.807, 2.05) is 6.07 Å². The van der Waals surface area contributed by atoms with Crippen molar-refractivity contribution in [1.29, 1.82) is 0 Å². The van der Waals surface area contributed by atoms with Crippen molar-refractivity contribution >= 4 is 15.9 Å². The first-order chi connectivity index (χ1) is 6.29. The third-order valence-corrected chi connectivity index (χ3v) is 2.75. The SMILES string of the molecule is Oc1cccc(C2OCCO2)c1Br. The van der Waals surface area contributed by atoms with Crippen LogP contribution in [0.2, 0.25) is 0 Å². The van der Waals surface area contributed by atoms with Crippen LogP contribution in [-0.4, -0.2) is 18.3 Å². The van der Waals surface area contributed by atoms with Gasteiger partial charge in [0, 0.05) is 5.56 Å². The number of hydrogen-bond acceptors (Lipinski definition) is 3. The normalized spacial score (nSPS) is 17.9. The van der Waals surface area contributed by atoms with Crippen LogP contribution in [-0.2, 0) is 9.47 Å². The Hall–Kier alpha value is -0.580. The zero-order valence-corrected chi connectivity index (χ0v) is 8.45. The fourth-order valence-electron chi connectivity index (χ4n) is 1.26. The van der Waals surface area contributed by atoms with Gasteiger partial charge in [-0.15, -0.1) is 0 Å². The highest BCUT2D eigenvalue weighted by Gasteiger charge is 2.21. The number of phenols is 1. The van der Waals surface area contributed by atoms with Gasteiger partial charge in [-0.2, -0.15) is 0 Å². The van der Waals surface area contributed by atoms with Crippen molar-refractivity contribution in [1.82, 2.24) is 0 Å². The maximum absolute atomic E-state index is 9.40. The van der Waals surface area contributed by atoms with E-state index in [0.717, 1.165) is 5.56 Å². The molecule has 1 aliphatic rings. The third kappa shape index (κ3) is 1.70. The molecule has 0 radical (unpaired) electrons. The van der Waals surface area contributed by atoms with Gasteiger partial charge in [-0.1, -0.05) is 12.1 Å². The van der Waals surface area contributed by atoms with Crippen molar-refractivity contribution in [3.05, 3.63) is 28.2 Å². The monoisotopic (exact) mass is 244 g/mol. The van der Waals surface area contributed by atoms with Crippen LogP contribution in [0.5, 0.6) is 5.75 Å². The summed E-state index contributed by atoms with van der Waals surface area (Å²) in [6.45, 7) is 1.21. The molecule has 13 heavy (non-hydrogen) atoms. The Balaban J connectivity index is 2.33. The lowest BCUT2D eigenvalue weighted by atomic mass is 10.2. The predicted octanol–water partition coefficient (Wildman–Crippen LogP) is 2.20. The lowest BCUT2D eigenvalue weighted by Crippen LogP contribution is -1.98. The van der Waals surface area contributed by atoms with Crippen LogP contribution in [0.1, 0.15) is 11.9 Å². The van der Waals surface area contributed by atoms with E-state index >= 15 is 0 Å². The lowest BCUT2D eigenvalue weighted by molar-refractivity contribution is -0.0447. The Morgan fingerprint density at radius 3 is 2.69 bits per heavy atom. The summed E-state index contributed by atoms with van der Waals surface area (Å²) in [5.41, 5.74) is 0.831. The van der Waals surface area contributed by atoms with Crippen molar-refractivity contribution < 1.29 is 14.6 Å². The van der Waals surface area contributed by atoms with Crippen LogP contribution in [0.25, 0.3) is 0 Å². The average Bonchev–Trinajstić information content (AvgIpc) is 2.62. The Morgan fingerprint density at radius 2 is 2.00 bits per heavy atom. The number of ether oxygens (including phenoxy) is 2. The molecule has 0 aromatic heterocycles. The van der Waals surface area contributed by atoms with Crippen LogP contribution in [0.15, 0.2) is 22.7 Å². The highest BCUT2D eigenvalue weighted by Crippen LogP contribution is 2.34. The molecule has 4 heteroatoms. The fraction of sp³-hybridized carbons (Fsp3) is 0.333. The van der Waals surface area contributed by atoms with Crippen molar-refractivity contribution in [3.8, 4) is 5.75 Å². The van der Waals surface area contributed by atoms with Gasteiger partial charge in [-0.3, -0.25) is 0 Å². The van der Waals surface area contributed by atoms with Crippen LogP contribution in [0.3, 0.4) is 0 Å². The van der Waals surface area contributed by atoms with E-state index in [-0.39, 0.29) is 12.0 Å². The molecule has 1 aliphatic heterocycles. The van der Waals surface area contributed by atoms with E-state index in [1.54, 1.807) is 12.1 Å². The van der Waals surface area contributed by atoms with E-state index in [2.05, 4.69) is 15.9 Å². The van der Waals surface area contributed by atoms with Gasteiger partial charge in [0.05, 0.1) is 17.7 Å². The number of halogens is 1. The maximum atomic E-state index is 9.40. The highest BCUT2D eigenvalue weighted by atomic mass is 79.9. The van der Waals surface area contributed by atoms with Gasteiger partial charge in [0.1, 0.15) is 5.75 Å². The topological polar surface area (TPSA) is 38.7 Å².